The van der Waals surface area contributed by atoms with Crippen molar-refractivity contribution in [2.75, 3.05) is 37.8 Å². The number of ether oxygens (including phenoxy) is 2. The van der Waals surface area contributed by atoms with E-state index < -0.39 is 38.1 Å². The summed E-state index contributed by atoms with van der Waals surface area (Å²) in [5.74, 6) is -2.76. The average molecular weight is 647 g/mol. The lowest BCUT2D eigenvalue weighted by Gasteiger charge is -2.30. The van der Waals surface area contributed by atoms with Crippen LogP contribution in [0.5, 0.6) is 5.75 Å². The summed E-state index contributed by atoms with van der Waals surface area (Å²) in [5.41, 5.74) is 7.31. The van der Waals surface area contributed by atoms with E-state index in [1.54, 1.807) is 18.0 Å². The second-order valence-electron chi connectivity index (χ2n) is 11.4. The van der Waals surface area contributed by atoms with E-state index in [1.165, 1.54) is 7.11 Å². The number of rotatable bonds is 11. The van der Waals surface area contributed by atoms with E-state index in [2.05, 4.69) is 10.3 Å². The number of halogens is 3. The maximum absolute atomic E-state index is 15.8. The van der Waals surface area contributed by atoms with Gasteiger partial charge in [-0.2, -0.15) is 5.10 Å². The Labute approximate surface area is 260 Å². The number of hydrogen-bond acceptors (Lipinski definition) is 8. The molecule has 0 saturated heterocycles. The first-order valence-electron chi connectivity index (χ1n) is 14.7. The number of benzene rings is 2. The van der Waals surface area contributed by atoms with Crippen LogP contribution in [0.15, 0.2) is 41.4 Å². The van der Waals surface area contributed by atoms with Gasteiger partial charge in [-0.1, -0.05) is 0 Å². The van der Waals surface area contributed by atoms with Gasteiger partial charge in [0.1, 0.15) is 23.1 Å². The highest BCUT2D eigenvalue weighted by atomic mass is 32.2. The van der Waals surface area contributed by atoms with Crippen molar-refractivity contribution in [1.82, 2.24) is 20.1 Å². The molecule has 1 saturated carbocycles. The number of anilines is 2. The van der Waals surface area contributed by atoms with Crippen molar-refractivity contribution in [3.05, 3.63) is 59.5 Å². The first-order chi connectivity index (χ1) is 21.4. The Bertz CT molecular complexity index is 1810. The maximum Gasteiger partial charge on any atom is 0.262 e. The Hall–Kier alpha value is -3.88. The third kappa shape index (κ3) is 6.58. The number of nitrogens with one attached hydrogen (secondary N) is 2. The molecule has 2 aromatic heterocycles. The van der Waals surface area contributed by atoms with Gasteiger partial charge in [-0.25, -0.2) is 26.6 Å². The van der Waals surface area contributed by atoms with Gasteiger partial charge in [-0.05, 0) is 69.2 Å². The standard InChI is InChI=1S/C31H37F3N6O4S/c1-17(2)40-30-22(18-5-7-19(8-6-18)36-11-12-43-3)16-37-31(35)28(30)29(38-40)21-14-25(34)26(15-24(21)33)39-45(41,42)20-9-10-23(32)27(13-20)44-4/h9-10,13-19,36,39H,5-8,11-12H2,1-4H3,(H2,35,37)/t18-,19-. The molecule has 1 aliphatic carbocycles. The number of nitrogen functional groups attached to an aromatic ring is 1. The van der Waals surface area contributed by atoms with Gasteiger partial charge < -0.3 is 20.5 Å². The van der Waals surface area contributed by atoms with Crippen molar-refractivity contribution < 1.29 is 31.1 Å². The maximum atomic E-state index is 15.8. The van der Waals surface area contributed by atoms with E-state index in [0.717, 1.165) is 73.6 Å². The van der Waals surface area contributed by atoms with E-state index in [1.807, 2.05) is 18.6 Å². The van der Waals surface area contributed by atoms with Crippen LogP contribution in [0.25, 0.3) is 22.2 Å². The fourth-order valence-electron chi connectivity index (χ4n) is 5.87. The summed E-state index contributed by atoms with van der Waals surface area (Å²) in [7, 11) is -1.57. The van der Waals surface area contributed by atoms with Crippen LogP contribution in [-0.2, 0) is 14.8 Å². The zero-order chi connectivity index (χ0) is 32.5. The molecule has 0 unspecified atom stereocenters. The van der Waals surface area contributed by atoms with Crippen LogP contribution in [0, 0.1) is 17.5 Å². The van der Waals surface area contributed by atoms with Gasteiger partial charge in [0.15, 0.2) is 11.6 Å². The lowest BCUT2D eigenvalue weighted by Crippen LogP contribution is -2.34. The fraction of sp³-hybridized carbons (Fsp3) is 0.419. The number of nitrogens with zero attached hydrogens (tertiary/aromatic N) is 3. The predicted octanol–water partition coefficient (Wildman–Crippen LogP) is 5.75. The molecule has 1 fully saturated rings. The summed E-state index contributed by atoms with van der Waals surface area (Å²) >= 11 is 0. The normalized spacial score (nSPS) is 17.2. The molecule has 0 radical (unpaired) electrons. The van der Waals surface area contributed by atoms with Crippen LogP contribution in [-0.4, -0.2) is 56.6 Å². The van der Waals surface area contributed by atoms with Crippen LogP contribution in [0.4, 0.5) is 24.7 Å². The first kappa shape index (κ1) is 32.5. The lowest BCUT2D eigenvalue weighted by atomic mass is 9.81. The third-order valence-electron chi connectivity index (χ3n) is 8.17. The summed E-state index contributed by atoms with van der Waals surface area (Å²) in [5, 5.41) is 8.63. The Morgan fingerprint density at radius 2 is 1.78 bits per heavy atom. The SMILES string of the molecule is COCCN[C@H]1CC[C@H](c2cnc(N)c3c(-c4cc(F)c(NS(=O)(=O)c5ccc(F)c(OC)c5)cc4F)nn(C(C)C)c32)CC1. The van der Waals surface area contributed by atoms with E-state index in [0.29, 0.717) is 18.0 Å². The minimum Gasteiger partial charge on any atom is -0.494 e. The smallest absolute Gasteiger partial charge is 0.262 e. The van der Waals surface area contributed by atoms with Gasteiger partial charge >= 0.3 is 0 Å². The van der Waals surface area contributed by atoms with Crippen molar-refractivity contribution in [2.24, 2.45) is 0 Å². The van der Waals surface area contributed by atoms with Crippen molar-refractivity contribution in [2.45, 2.75) is 62.4 Å². The van der Waals surface area contributed by atoms with Crippen LogP contribution in [0.1, 0.15) is 57.1 Å². The second-order valence-corrected chi connectivity index (χ2v) is 13.1. The van der Waals surface area contributed by atoms with Gasteiger partial charge in [0.2, 0.25) is 0 Å². The van der Waals surface area contributed by atoms with Crippen LogP contribution in [0.2, 0.25) is 0 Å². The molecule has 2 heterocycles. The Morgan fingerprint density at radius 3 is 2.44 bits per heavy atom. The summed E-state index contributed by atoms with van der Waals surface area (Å²) in [6.07, 6.45) is 5.49. The van der Waals surface area contributed by atoms with E-state index in [4.69, 9.17) is 20.3 Å². The minimum absolute atomic E-state index is 0.106. The molecule has 14 heteroatoms. The summed E-state index contributed by atoms with van der Waals surface area (Å²) < 4.78 is 84.7. The Kier molecular flexibility index (Phi) is 9.56. The van der Waals surface area contributed by atoms with Gasteiger partial charge in [0.05, 0.1) is 35.2 Å². The molecule has 45 heavy (non-hydrogen) atoms. The largest absolute Gasteiger partial charge is 0.494 e. The Morgan fingerprint density at radius 1 is 1.04 bits per heavy atom. The van der Waals surface area contributed by atoms with Crippen LogP contribution < -0.4 is 20.5 Å². The van der Waals surface area contributed by atoms with Crippen molar-refractivity contribution in [1.29, 1.82) is 0 Å². The second kappa shape index (κ2) is 13.2. The first-order valence-corrected chi connectivity index (χ1v) is 16.2. The number of pyridine rings is 1. The van der Waals surface area contributed by atoms with E-state index >= 15 is 8.78 Å². The molecule has 1 aliphatic rings. The average Bonchev–Trinajstić information content (AvgIpc) is 3.41. The summed E-state index contributed by atoms with van der Waals surface area (Å²) in [4.78, 5) is 4.05. The highest BCUT2D eigenvalue weighted by Gasteiger charge is 2.29. The molecular weight excluding hydrogens is 609 g/mol. The van der Waals surface area contributed by atoms with Crippen molar-refractivity contribution in [3.8, 4) is 17.0 Å². The molecule has 242 valence electrons. The number of fused-ring (bicyclic) bond motifs is 1. The molecule has 4 N–H and O–H groups in total. The minimum atomic E-state index is -4.42. The molecule has 0 aliphatic heterocycles. The summed E-state index contributed by atoms with van der Waals surface area (Å²) in [6.45, 7) is 5.30. The van der Waals surface area contributed by atoms with Crippen molar-refractivity contribution >= 4 is 32.4 Å². The molecule has 0 amide bonds. The molecule has 5 rings (SSSR count). The highest BCUT2D eigenvalue weighted by molar-refractivity contribution is 7.92. The predicted molar refractivity (Wildman–Crippen MR) is 166 cm³/mol. The van der Waals surface area contributed by atoms with Crippen LogP contribution >= 0.6 is 0 Å². The number of sulfonamides is 1. The molecule has 0 atom stereocenters. The molecule has 2 aromatic carbocycles. The zero-order valence-corrected chi connectivity index (χ0v) is 26.3. The van der Waals surface area contributed by atoms with Gasteiger partial charge in [-0.3, -0.25) is 9.40 Å². The number of aromatic nitrogens is 3. The van der Waals surface area contributed by atoms with Gasteiger partial charge in [0.25, 0.3) is 10.0 Å². The van der Waals surface area contributed by atoms with Gasteiger partial charge in [0, 0.05) is 49.6 Å². The molecule has 4 aromatic rings. The molecule has 0 spiro atoms. The van der Waals surface area contributed by atoms with Crippen LogP contribution in [0.3, 0.4) is 0 Å². The highest BCUT2D eigenvalue weighted by Crippen LogP contribution is 2.42. The molecule has 0 bridgehead atoms. The lowest BCUT2D eigenvalue weighted by molar-refractivity contribution is 0.191. The summed E-state index contributed by atoms with van der Waals surface area (Å²) in [6, 6.07) is 4.72. The van der Waals surface area contributed by atoms with Crippen molar-refractivity contribution in [3.63, 3.8) is 0 Å². The third-order valence-corrected chi connectivity index (χ3v) is 9.53. The van der Waals surface area contributed by atoms with E-state index in [-0.39, 0.29) is 34.8 Å². The van der Waals surface area contributed by atoms with Gasteiger partial charge in [-0.15, -0.1) is 0 Å². The monoisotopic (exact) mass is 646 g/mol. The van der Waals surface area contributed by atoms with E-state index in [9.17, 15) is 12.8 Å². The Balaban J connectivity index is 1.51. The number of hydrogen-bond donors (Lipinski definition) is 3. The topological polar surface area (TPSA) is 133 Å². The fourth-order valence-corrected chi connectivity index (χ4v) is 6.94. The number of methoxy groups -OCH3 is 2. The molecule has 10 nitrogen and oxygen atoms in total. The number of nitrogens with two attached hydrogens (primary N) is 1. The zero-order valence-electron chi connectivity index (χ0n) is 25.5. The molecular formula is C31H37F3N6O4S. The quantitative estimate of drug-likeness (QED) is 0.176.